The van der Waals surface area contributed by atoms with E-state index in [1.54, 1.807) is 23.0 Å². The Kier molecular flexibility index (Phi) is 5.24. The van der Waals surface area contributed by atoms with Crippen LogP contribution in [0.25, 0.3) is 0 Å². The number of amides is 1. The molecular weight excluding hydrogens is 210 g/mol. The maximum Gasteiger partial charge on any atom is 0.254 e. The molecule has 0 saturated heterocycles. The number of hydrogen-bond donors (Lipinski definition) is 3. The Bertz CT molecular complexity index is 360. The summed E-state index contributed by atoms with van der Waals surface area (Å²) in [6.45, 7) is 0.645. The minimum atomic E-state index is -0.258. The number of rotatable bonds is 6. The van der Waals surface area contributed by atoms with Crippen LogP contribution in [-0.4, -0.2) is 45.7 Å². The van der Waals surface area contributed by atoms with Crippen LogP contribution in [0.1, 0.15) is 10.4 Å². The second-order valence-electron chi connectivity index (χ2n) is 3.08. The quantitative estimate of drug-likeness (QED) is 0.550. The molecule has 0 aromatic carbocycles. The van der Waals surface area contributed by atoms with Crippen LogP contribution in [0.4, 0.5) is 0 Å². The number of carbonyl (C=O) groups is 1. The first-order valence-electron chi connectivity index (χ1n) is 4.95. The van der Waals surface area contributed by atoms with Crippen LogP contribution in [0.5, 0.6) is 0 Å². The first kappa shape index (κ1) is 12.4. The molecule has 0 saturated carbocycles. The number of hydrogen-bond acceptors (Lipinski definition) is 4. The molecule has 1 heterocycles. The van der Waals surface area contributed by atoms with Gasteiger partial charge in [0.25, 0.3) is 5.91 Å². The molecule has 1 aromatic heterocycles. The molecule has 1 aromatic rings. The number of aliphatic hydroxyl groups is 2. The van der Waals surface area contributed by atoms with E-state index >= 15 is 0 Å². The van der Waals surface area contributed by atoms with E-state index < -0.39 is 0 Å². The lowest BCUT2D eigenvalue weighted by atomic mass is 10.3. The van der Waals surface area contributed by atoms with Crippen LogP contribution in [0.15, 0.2) is 24.5 Å². The maximum atomic E-state index is 11.4. The van der Waals surface area contributed by atoms with E-state index in [1.165, 1.54) is 6.20 Å². The summed E-state index contributed by atoms with van der Waals surface area (Å²) in [5.41, 5.74) is 0.450. The van der Waals surface area contributed by atoms with Crippen molar-refractivity contribution in [3.63, 3.8) is 0 Å². The first-order valence-corrected chi connectivity index (χ1v) is 4.95. The molecule has 0 atom stereocenters. The highest BCUT2D eigenvalue weighted by Gasteiger charge is 2.06. The van der Waals surface area contributed by atoms with Gasteiger partial charge in [-0.25, -0.2) is 0 Å². The van der Waals surface area contributed by atoms with Gasteiger partial charge in [-0.05, 0) is 0 Å². The van der Waals surface area contributed by atoms with Crippen molar-refractivity contribution in [3.8, 4) is 0 Å². The topological polar surface area (TPSA) is 87.4 Å². The molecule has 0 spiro atoms. The van der Waals surface area contributed by atoms with Gasteiger partial charge in [-0.15, -0.1) is 0 Å². The summed E-state index contributed by atoms with van der Waals surface area (Å²) in [6, 6.07) is 0. The summed E-state index contributed by atoms with van der Waals surface area (Å²) in [7, 11) is 0. The second kappa shape index (κ2) is 6.76. The molecule has 1 amide bonds. The minimum absolute atomic E-state index is 0.00882. The van der Waals surface area contributed by atoms with Gasteiger partial charge in [0, 0.05) is 12.7 Å². The third kappa shape index (κ3) is 3.84. The average molecular weight is 225 g/mol. The Labute approximate surface area is 93.2 Å². The fourth-order valence-corrected chi connectivity index (χ4v) is 1.11. The van der Waals surface area contributed by atoms with Crippen LogP contribution in [0.3, 0.4) is 0 Å². The average Bonchev–Trinajstić information content (AvgIpc) is 2.75. The molecule has 1 rings (SSSR count). The Morgan fingerprint density at radius 3 is 3.00 bits per heavy atom. The standard InChI is InChI=1S/C10H15N3O3/c14-5-2-1-4-13-8-9(7-12-13)10(16)11-3-6-15/h1-2,7-8,14-15H,3-6H2,(H,11,16). The number of carbonyl (C=O) groups excluding carboxylic acids is 1. The molecular formula is C10H15N3O3. The summed E-state index contributed by atoms with van der Waals surface area (Å²) in [5, 5.41) is 23.6. The normalized spacial score (nSPS) is 10.9. The van der Waals surface area contributed by atoms with Gasteiger partial charge in [0.15, 0.2) is 0 Å². The van der Waals surface area contributed by atoms with Gasteiger partial charge >= 0.3 is 0 Å². The molecule has 0 unspecified atom stereocenters. The highest BCUT2D eigenvalue weighted by atomic mass is 16.3. The first-order chi connectivity index (χ1) is 7.77. The number of aliphatic hydroxyl groups excluding tert-OH is 2. The largest absolute Gasteiger partial charge is 0.395 e. The van der Waals surface area contributed by atoms with Gasteiger partial charge in [0.2, 0.25) is 0 Å². The molecule has 0 aliphatic carbocycles. The fraction of sp³-hybridized carbons (Fsp3) is 0.400. The SMILES string of the molecule is O=C(NCCO)c1cnn(CC=CCO)c1. The smallest absolute Gasteiger partial charge is 0.254 e. The number of aromatic nitrogens is 2. The van der Waals surface area contributed by atoms with Crippen molar-refractivity contribution in [2.45, 2.75) is 6.54 Å². The maximum absolute atomic E-state index is 11.4. The van der Waals surface area contributed by atoms with Crippen molar-refractivity contribution in [2.75, 3.05) is 19.8 Å². The molecule has 0 bridgehead atoms. The van der Waals surface area contributed by atoms with Crippen molar-refractivity contribution in [1.29, 1.82) is 0 Å². The molecule has 88 valence electrons. The highest BCUT2D eigenvalue weighted by molar-refractivity contribution is 5.93. The summed E-state index contributed by atoms with van der Waals surface area (Å²) >= 11 is 0. The van der Waals surface area contributed by atoms with Gasteiger partial charge in [-0.1, -0.05) is 12.2 Å². The summed E-state index contributed by atoms with van der Waals surface area (Å²) in [6.07, 6.45) is 6.42. The van der Waals surface area contributed by atoms with Gasteiger partial charge in [-0.3, -0.25) is 9.48 Å². The Hall–Kier alpha value is -1.66. The van der Waals surface area contributed by atoms with Crippen LogP contribution >= 0.6 is 0 Å². The van der Waals surface area contributed by atoms with Crippen LogP contribution < -0.4 is 5.32 Å². The number of allylic oxidation sites excluding steroid dienone is 1. The van der Waals surface area contributed by atoms with E-state index in [1.807, 2.05) is 0 Å². The van der Waals surface area contributed by atoms with E-state index in [-0.39, 0.29) is 25.7 Å². The number of nitrogens with one attached hydrogen (secondary N) is 1. The van der Waals surface area contributed by atoms with E-state index in [0.717, 1.165) is 0 Å². The zero-order valence-electron chi connectivity index (χ0n) is 8.83. The van der Waals surface area contributed by atoms with Gasteiger partial charge in [0.1, 0.15) is 0 Å². The number of nitrogens with zero attached hydrogens (tertiary/aromatic N) is 2. The Balaban J connectivity index is 2.50. The van der Waals surface area contributed by atoms with Crippen LogP contribution in [0.2, 0.25) is 0 Å². The molecule has 16 heavy (non-hydrogen) atoms. The van der Waals surface area contributed by atoms with Crippen molar-refractivity contribution in [2.24, 2.45) is 0 Å². The Morgan fingerprint density at radius 1 is 1.50 bits per heavy atom. The molecule has 6 heteroatoms. The molecule has 0 aliphatic heterocycles. The molecule has 0 aliphatic rings. The molecule has 0 radical (unpaired) electrons. The van der Waals surface area contributed by atoms with Crippen molar-refractivity contribution >= 4 is 5.91 Å². The van der Waals surface area contributed by atoms with Crippen molar-refractivity contribution in [3.05, 3.63) is 30.1 Å². The molecule has 0 fully saturated rings. The van der Waals surface area contributed by atoms with E-state index in [9.17, 15) is 4.79 Å². The molecule has 3 N–H and O–H groups in total. The van der Waals surface area contributed by atoms with Crippen molar-refractivity contribution < 1.29 is 15.0 Å². The van der Waals surface area contributed by atoms with Crippen LogP contribution in [-0.2, 0) is 6.54 Å². The second-order valence-corrected chi connectivity index (χ2v) is 3.08. The van der Waals surface area contributed by atoms with Crippen molar-refractivity contribution in [1.82, 2.24) is 15.1 Å². The van der Waals surface area contributed by atoms with Gasteiger partial charge in [0.05, 0.1) is 31.5 Å². The fourth-order valence-electron chi connectivity index (χ4n) is 1.11. The lowest BCUT2D eigenvalue weighted by molar-refractivity contribution is 0.0944. The van der Waals surface area contributed by atoms with Crippen LogP contribution in [0, 0.1) is 0 Å². The molecule has 6 nitrogen and oxygen atoms in total. The Morgan fingerprint density at radius 2 is 2.31 bits per heavy atom. The highest BCUT2D eigenvalue weighted by Crippen LogP contribution is 1.97. The summed E-state index contributed by atoms with van der Waals surface area (Å²) < 4.78 is 1.58. The zero-order valence-corrected chi connectivity index (χ0v) is 8.83. The zero-order chi connectivity index (χ0) is 11.8. The third-order valence-corrected chi connectivity index (χ3v) is 1.86. The third-order valence-electron chi connectivity index (χ3n) is 1.86. The predicted octanol–water partition coefficient (Wildman–Crippen LogP) is -0.846. The van der Waals surface area contributed by atoms with E-state index in [4.69, 9.17) is 10.2 Å². The lowest BCUT2D eigenvalue weighted by Crippen LogP contribution is -2.25. The summed E-state index contributed by atoms with van der Waals surface area (Å²) in [4.78, 5) is 11.4. The predicted molar refractivity (Wildman–Crippen MR) is 57.9 cm³/mol. The minimum Gasteiger partial charge on any atom is -0.395 e. The van der Waals surface area contributed by atoms with E-state index in [2.05, 4.69) is 10.4 Å². The van der Waals surface area contributed by atoms with E-state index in [0.29, 0.717) is 12.1 Å². The van der Waals surface area contributed by atoms with Gasteiger partial charge in [-0.2, -0.15) is 5.10 Å². The summed E-state index contributed by atoms with van der Waals surface area (Å²) in [5.74, 6) is -0.258. The monoisotopic (exact) mass is 225 g/mol. The lowest BCUT2D eigenvalue weighted by Gasteiger charge is -1.98. The van der Waals surface area contributed by atoms with Gasteiger partial charge < -0.3 is 15.5 Å².